The molecule has 0 fully saturated rings. The SMILES string of the molecule is CC(=O)NCc1csc(C(=O)CCl)c1. The maximum absolute atomic E-state index is 11.2. The predicted octanol–water partition coefficient (Wildman–Crippen LogP) is 1.81. The van der Waals surface area contributed by atoms with Crippen LogP contribution in [0.5, 0.6) is 0 Å². The number of halogens is 1. The van der Waals surface area contributed by atoms with Gasteiger partial charge in [0, 0.05) is 13.5 Å². The van der Waals surface area contributed by atoms with Crippen LogP contribution in [-0.2, 0) is 11.3 Å². The van der Waals surface area contributed by atoms with Crippen molar-refractivity contribution < 1.29 is 9.59 Å². The summed E-state index contributed by atoms with van der Waals surface area (Å²) in [5.74, 6) is -0.160. The van der Waals surface area contributed by atoms with Crippen molar-refractivity contribution in [2.45, 2.75) is 13.5 Å². The minimum Gasteiger partial charge on any atom is -0.352 e. The van der Waals surface area contributed by atoms with Crippen LogP contribution in [0.4, 0.5) is 0 Å². The van der Waals surface area contributed by atoms with Crippen molar-refractivity contribution in [1.29, 1.82) is 0 Å². The molecule has 1 amide bonds. The summed E-state index contributed by atoms with van der Waals surface area (Å²) in [7, 11) is 0. The first-order valence-electron chi connectivity index (χ1n) is 4.04. The monoisotopic (exact) mass is 231 g/mol. The summed E-state index contributed by atoms with van der Waals surface area (Å²) in [6.45, 7) is 1.92. The summed E-state index contributed by atoms with van der Waals surface area (Å²) < 4.78 is 0. The van der Waals surface area contributed by atoms with Gasteiger partial charge in [0.15, 0.2) is 5.78 Å². The molecule has 1 rings (SSSR count). The molecular formula is C9H10ClNO2S. The lowest BCUT2D eigenvalue weighted by molar-refractivity contribution is -0.119. The Labute approximate surface area is 91.1 Å². The van der Waals surface area contributed by atoms with Crippen molar-refractivity contribution >= 4 is 34.6 Å². The molecule has 5 heteroatoms. The Morgan fingerprint density at radius 3 is 2.86 bits per heavy atom. The Balaban J connectivity index is 2.59. The van der Waals surface area contributed by atoms with E-state index < -0.39 is 0 Å². The standard InChI is InChI=1S/C9H10ClNO2S/c1-6(12)11-4-7-2-9(14-5-7)8(13)3-10/h2,5H,3-4H2,1H3,(H,11,12). The number of amides is 1. The highest BCUT2D eigenvalue weighted by Crippen LogP contribution is 2.15. The van der Waals surface area contributed by atoms with Gasteiger partial charge in [-0.25, -0.2) is 0 Å². The summed E-state index contributed by atoms with van der Waals surface area (Å²) in [5.41, 5.74) is 0.929. The van der Waals surface area contributed by atoms with Gasteiger partial charge in [0.2, 0.25) is 5.91 Å². The van der Waals surface area contributed by atoms with E-state index in [2.05, 4.69) is 5.32 Å². The minimum atomic E-state index is -0.0820. The Hall–Kier alpha value is -0.870. The van der Waals surface area contributed by atoms with Crippen LogP contribution in [0.2, 0.25) is 0 Å². The molecule has 0 unspecified atom stereocenters. The number of Topliss-reactive ketones (excluding diaryl/α,β-unsaturated/α-hetero) is 1. The van der Waals surface area contributed by atoms with Crippen LogP contribution in [0.1, 0.15) is 22.2 Å². The third-order valence-corrected chi connectivity index (χ3v) is 2.85. The predicted molar refractivity (Wildman–Crippen MR) is 56.9 cm³/mol. The van der Waals surface area contributed by atoms with Gasteiger partial charge in [0.25, 0.3) is 0 Å². The van der Waals surface area contributed by atoms with E-state index in [1.54, 1.807) is 6.07 Å². The second-order valence-corrected chi connectivity index (χ2v) is 3.96. The van der Waals surface area contributed by atoms with Crippen molar-refractivity contribution in [2.75, 3.05) is 5.88 Å². The van der Waals surface area contributed by atoms with Crippen LogP contribution in [0.3, 0.4) is 0 Å². The molecule has 0 radical (unpaired) electrons. The molecule has 1 N–H and O–H groups in total. The van der Waals surface area contributed by atoms with Gasteiger partial charge in [-0.05, 0) is 17.0 Å². The summed E-state index contributed by atoms with van der Waals surface area (Å²) in [6.07, 6.45) is 0. The molecule has 0 saturated carbocycles. The Morgan fingerprint density at radius 1 is 1.57 bits per heavy atom. The van der Waals surface area contributed by atoms with Gasteiger partial charge in [-0.15, -0.1) is 22.9 Å². The lowest BCUT2D eigenvalue weighted by atomic mass is 10.2. The molecule has 0 atom stereocenters. The molecule has 0 spiro atoms. The van der Waals surface area contributed by atoms with E-state index in [1.807, 2.05) is 5.38 Å². The molecule has 0 aliphatic rings. The van der Waals surface area contributed by atoms with Gasteiger partial charge in [-0.3, -0.25) is 9.59 Å². The Morgan fingerprint density at radius 2 is 2.29 bits per heavy atom. The summed E-state index contributed by atoms with van der Waals surface area (Å²) in [6, 6.07) is 1.76. The first-order valence-corrected chi connectivity index (χ1v) is 5.46. The Kier molecular flexibility index (Phi) is 4.10. The zero-order valence-corrected chi connectivity index (χ0v) is 9.24. The van der Waals surface area contributed by atoms with Crippen molar-refractivity contribution in [1.82, 2.24) is 5.32 Å². The van der Waals surface area contributed by atoms with E-state index in [0.717, 1.165) is 5.56 Å². The topological polar surface area (TPSA) is 46.2 Å². The summed E-state index contributed by atoms with van der Waals surface area (Å²) >= 11 is 6.76. The summed E-state index contributed by atoms with van der Waals surface area (Å²) in [5, 5.41) is 4.50. The third kappa shape index (κ3) is 3.12. The van der Waals surface area contributed by atoms with Crippen molar-refractivity contribution in [2.24, 2.45) is 0 Å². The highest BCUT2D eigenvalue weighted by Gasteiger charge is 2.07. The largest absolute Gasteiger partial charge is 0.352 e. The molecule has 0 bridgehead atoms. The Bertz CT molecular complexity index is 348. The summed E-state index contributed by atoms with van der Waals surface area (Å²) in [4.78, 5) is 22.4. The molecule has 14 heavy (non-hydrogen) atoms. The maximum atomic E-state index is 11.2. The molecule has 1 heterocycles. The fourth-order valence-corrected chi connectivity index (χ4v) is 1.98. The van der Waals surface area contributed by atoms with Gasteiger partial charge in [-0.1, -0.05) is 0 Å². The van der Waals surface area contributed by atoms with Crippen LogP contribution < -0.4 is 5.32 Å². The second kappa shape index (κ2) is 5.12. The van der Waals surface area contributed by atoms with Gasteiger partial charge in [-0.2, -0.15) is 0 Å². The fourth-order valence-electron chi connectivity index (χ4n) is 0.907. The van der Waals surface area contributed by atoms with Crippen LogP contribution in [0.25, 0.3) is 0 Å². The van der Waals surface area contributed by atoms with Crippen LogP contribution in [0.15, 0.2) is 11.4 Å². The fraction of sp³-hybridized carbons (Fsp3) is 0.333. The number of hydrogen-bond donors (Lipinski definition) is 1. The van der Waals surface area contributed by atoms with Gasteiger partial charge < -0.3 is 5.32 Å². The molecule has 0 saturated heterocycles. The van der Waals surface area contributed by atoms with Crippen molar-refractivity contribution in [3.05, 3.63) is 21.9 Å². The number of carbonyl (C=O) groups is 2. The average Bonchev–Trinajstić information content (AvgIpc) is 2.62. The first kappa shape index (κ1) is 11.2. The number of hydrogen-bond acceptors (Lipinski definition) is 3. The van der Waals surface area contributed by atoms with Crippen LogP contribution in [-0.4, -0.2) is 17.6 Å². The second-order valence-electron chi connectivity index (χ2n) is 2.79. The van der Waals surface area contributed by atoms with E-state index in [4.69, 9.17) is 11.6 Å². The van der Waals surface area contributed by atoms with E-state index in [9.17, 15) is 9.59 Å². The minimum absolute atomic E-state index is 0.0000895. The van der Waals surface area contributed by atoms with Gasteiger partial charge in [0.05, 0.1) is 10.8 Å². The number of rotatable bonds is 4. The normalized spacial score (nSPS) is 9.86. The number of ketones is 1. The quantitative estimate of drug-likeness (QED) is 0.635. The van der Waals surface area contributed by atoms with E-state index in [1.165, 1.54) is 18.3 Å². The van der Waals surface area contributed by atoms with E-state index in [0.29, 0.717) is 11.4 Å². The third-order valence-electron chi connectivity index (χ3n) is 1.59. The van der Waals surface area contributed by atoms with Gasteiger partial charge >= 0.3 is 0 Å². The number of alkyl halides is 1. The van der Waals surface area contributed by atoms with Crippen LogP contribution >= 0.6 is 22.9 Å². The first-order chi connectivity index (χ1) is 6.63. The maximum Gasteiger partial charge on any atom is 0.217 e. The lowest BCUT2D eigenvalue weighted by Gasteiger charge is -1.97. The van der Waals surface area contributed by atoms with Gasteiger partial charge in [0.1, 0.15) is 0 Å². The molecule has 0 aliphatic carbocycles. The molecule has 1 aromatic heterocycles. The molecule has 3 nitrogen and oxygen atoms in total. The number of nitrogens with one attached hydrogen (secondary N) is 1. The smallest absolute Gasteiger partial charge is 0.217 e. The zero-order valence-electron chi connectivity index (χ0n) is 7.67. The molecule has 0 aromatic carbocycles. The zero-order chi connectivity index (χ0) is 10.6. The highest BCUT2D eigenvalue weighted by atomic mass is 35.5. The molecular weight excluding hydrogens is 222 g/mol. The van der Waals surface area contributed by atoms with Crippen molar-refractivity contribution in [3.8, 4) is 0 Å². The highest BCUT2D eigenvalue weighted by molar-refractivity contribution is 7.12. The number of carbonyl (C=O) groups excluding carboxylic acids is 2. The lowest BCUT2D eigenvalue weighted by Crippen LogP contribution is -2.18. The van der Waals surface area contributed by atoms with Crippen LogP contribution in [0, 0.1) is 0 Å². The van der Waals surface area contributed by atoms with E-state index >= 15 is 0 Å². The molecule has 76 valence electrons. The van der Waals surface area contributed by atoms with Crippen molar-refractivity contribution in [3.63, 3.8) is 0 Å². The van der Waals surface area contributed by atoms with E-state index in [-0.39, 0.29) is 17.6 Å². The average molecular weight is 232 g/mol. The molecule has 1 aromatic rings. The molecule has 0 aliphatic heterocycles. The number of thiophene rings is 1.